The van der Waals surface area contributed by atoms with Gasteiger partial charge < -0.3 is 15.2 Å². The van der Waals surface area contributed by atoms with Crippen molar-refractivity contribution in [2.75, 3.05) is 6.61 Å². The Balaban J connectivity index is 2.76. The highest BCUT2D eigenvalue weighted by molar-refractivity contribution is 5.29. The largest absolute Gasteiger partial charge is 0.494 e. The van der Waals surface area contributed by atoms with E-state index in [-0.39, 0.29) is 11.6 Å². The van der Waals surface area contributed by atoms with Gasteiger partial charge in [-0.05, 0) is 51.8 Å². The Labute approximate surface area is 117 Å². The summed E-state index contributed by atoms with van der Waals surface area (Å²) in [6.07, 6.45) is 0.381. The minimum atomic E-state index is -0.500. The van der Waals surface area contributed by atoms with Crippen molar-refractivity contribution in [1.29, 1.82) is 0 Å². The average molecular weight is 265 g/mol. The lowest BCUT2D eigenvalue weighted by Crippen LogP contribution is -2.46. The average Bonchev–Trinajstić information content (AvgIpc) is 2.35. The molecule has 1 aromatic carbocycles. The minimum Gasteiger partial charge on any atom is -0.494 e. The van der Waals surface area contributed by atoms with Crippen LogP contribution in [0.15, 0.2) is 24.3 Å². The normalized spacial score (nSPS) is 15.1. The number of nitrogens with one attached hydrogen (secondary N) is 1. The topological polar surface area (TPSA) is 41.5 Å². The van der Waals surface area contributed by atoms with E-state index in [0.29, 0.717) is 6.61 Å². The van der Waals surface area contributed by atoms with E-state index in [4.69, 9.17) is 4.74 Å². The van der Waals surface area contributed by atoms with Crippen LogP contribution in [0.4, 0.5) is 0 Å². The van der Waals surface area contributed by atoms with Gasteiger partial charge in [0.15, 0.2) is 0 Å². The molecule has 1 rings (SSSR count). The van der Waals surface area contributed by atoms with E-state index >= 15 is 0 Å². The molecule has 2 atom stereocenters. The molecule has 0 aromatic heterocycles. The van der Waals surface area contributed by atoms with E-state index in [1.54, 1.807) is 0 Å². The zero-order chi connectivity index (χ0) is 14.5. The molecule has 0 aliphatic carbocycles. The standard InChI is InChI=1S/C16H27NO2/c1-6-14(17-16(3,4)5)15(18)12-8-10-13(11-9-12)19-7-2/h8-11,14-15,17-18H,6-7H2,1-5H3. The van der Waals surface area contributed by atoms with Crippen molar-refractivity contribution in [3.8, 4) is 5.75 Å². The number of rotatable bonds is 6. The maximum Gasteiger partial charge on any atom is 0.119 e. The summed E-state index contributed by atoms with van der Waals surface area (Å²) in [4.78, 5) is 0. The molecule has 0 amide bonds. The van der Waals surface area contributed by atoms with Crippen molar-refractivity contribution in [2.45, 2.75) is 58.7 Å². The zero-order valence-electron chi connectivity index (χ0n) is 12.7. The van der Waals surface area contributed by atoms with Crippen molar-refractivity contribution >= 4 is 0 Å². The number of aliphatic hydroxyl groups is 1. The summed E-state index contributed by atoms with van der Waals surface area (Å²) in [5, 5.41) is 13.9. The Morgan fingerprint density at radius 1 is 1.16 bits per heavy atom. The summed E-state index contributed by atoms with van der Waals surface area (Å²) < 4.78 is 5.41. The molecule has 0 heterocycles. The summed E-state index contributed by atoms with van der Waals surface area (Å²) >= 11 is 0. The number of aliphatic hydroxyl groups excluding tert-OH is 1. The third kappa shape index (κ3) is 5.21. The van der Waals surface area contributed by atoms with Gasteiger partial charge in [0.2, 0.25) is 0 Å². The molecule has 0 saturated carbocycles. The molecule has 2 unspecified atom stereocenters. The lowest BCUT2D eigenvalue weighted by atomic mass is 9.97. The predicted octanol–water partition coefficient (Wildman–Crippen LogP) is 3.29. The molecule has 2 N–H and O–H groups in total. The number of hydrogen-bond donors (Lipinski definition) is 2. The fourth-order valence-corrected chi connectivity index (χ4v) is 2.12. The molecule has 1 aromatic rings. The Bertz CT molecular complexity index is 367. The van der Waals surface area contributed by atoms with E-state index in [1.807, 2.05) is 31.2 Å². The first-order valence-corrected chi connectivity index (χ1v) is 7.06. The van der Waals surface area contributed by atoms with Gasteiger partial charge in [-0.15, -0.1) is 0 Å². The molecule has 19 heavy (non-hydrogen) atoms. The van der Waals surface area contributed by atoms with E-state index < -0.39 is 6.10 Å². The number of benzene rings is 1. The van der Waals surface area contributed by atoms with Crippen LogP contribution in [0.3, 0.4) is 0 Å². The predicted molar refractivity (Wildman–Crippen MR) is 79.5 cm³/mol. The molecule has 108 valence electrons. The maximum absolute atomic E-state index is 10.5. The lowest BCUT2D eigenvalue weighted by Gasteiger charge is -2.31. The summed E-state index contributed by atoms with van der Waals surface area (Å²) in [6.45, 7) is 11.0. The van der Waals surface area contributed by atoms with Crippen molar-refractivity contribution in [1.82, 2.24) is 5.32 Å². The zero-order valence-corrected chi connectivity index (χ0v) is 12.7. The second-order valence-electron chi connectivity index (χ2n) is 5.86. The van der Waals surface area contributed by atoms with Crippen LogP contribution in [0.5, 0.6) is 5.75 Å². The van der Waals surface area contributed by atoms with Crippen LogP contribution in [0.2, 0.25) is 0 Å². The van der Waals surface area contributed by atoms with Crippen LogP contribution in [0.25, 0.3) is 0 Å². The van der Waals surface area contributed by atoms with Gasteiger partial charge in [0, 0.05) is 11.6 Å². The third-order valence-corrected chi connectivity index (χ3v) is 2.97. The SMILES string of the molecule is CCOc1ccc(C(O)C(CC)NC(C)(C)C)cc1. The second kappa shape index (κ2) is 6.92. The Hall–Kier alpha value is -1.06. The van der Waals surface area contributed by atoms with Gasteiger partial charge in [-0.2, -0.15) is 0 Å². The molecule has 0 fully saturated rings. The molecule has 0 aliphatic rings. The van der Waals surface area contributed by atoms with E-state index in [1.165, 1.54) is 0 Å². The van der Waals surface area contributed by atoms with Gasteiger partial charge >= 0.3 is 0 Å². The van der Waals surface area contributed by atoms with Gasteiger partial charge in [-0.3, -0.25) is 0 Å². The monoisotopic (exact) mass is 265 g/mol. The fourth-order valence-electron chi connectivity index (χ4n) is 2.12. The van der Waals surface area contributed by atoms with Crippen molar-refractivity contribution in [3.63, 3.8) is 0 Å². The third-order valence-electron chi connectivity index (χ3n) is 2.97. The molecule has 0 bridgehead atoms. The first kappa shape index (κ1) is 16.0. The molecule has 0 spiro atoms. The number of ether oxygens (including phenoxy) is 1. The highest BCUT2D eigenvalue weighted by atomic mass is 16.5. The molecule has 0 radical (unpaired) electrons. The quantitative estimate of drug-likeness (QED) is 0.829. The minimum absolute atomic E-state index is 0.00702. The molecular formula is C16H27NO2. The second-order valence-corrected chi connectivity index (χ2v) is 5.86. The van der Waals surface area contributed by atoms with Gasteiger partial charge in [-0.1, -0.05) is 19.1 Å². The van der Waals surface area contributed by atoms with Crippen LogP contribution in [-0.4, -0.2) is 23.3 Å². The van der Waals surface area contributed by atoms with E-state index in [0.717, 1.165) is 17.7 Å². The van der Waals surface area contributed by atoms with Gasteiger partial charge in [0.1, 0.15) is 5.75 Å². The summed E-state index contributed by atoms with van der Waals surface area (Å²) in [5.41, 5.74) is 0.916. The highest BCUT2D eigenvalue weighted by Gasteiger charge is 2.23. The van der Waals surface area contributed by atoms with Crippen molar-refractivity contribution in [3.05, 3.63) is 29.8 Å². The molecule has 3 nitrogen and oxygen atoms in total. The Morgan fingerprint density at radius 3 is 2.16 bits per heavy atom. The van der Waals surface area contributed by atoms with Crippen LogP contribution < -0.4 is 10.1 Å². The lowest BCUT2D eigenvalue weighted by molar-refractivity contribution is 0.111. The Kier molecular flexibility index (Phi) is 5.83. The van der Waals surface area contributed by atoms with E-state index in [9.17, 15) is 5.11 Å². The van der Waals surface area contributed by atoms with Crippen molar-refractivity contribution in [2.24, 2.45) is 0 Å². The van der Waals surface area contributed by atoms with Crippen LogP contribution in [0, 0.1) is 0 Å². The maximum atomic E-state index is 10.5. The first-order valence-electron chi connectivity index (χ1n) is 7.06. The fraction of sp³-hybridized carbons (Fsp3) is 0.625. The van der Waals surface area contributed by atoms with Crippen LogP contribution in [-0.2, 0) is 0 Å². The summed E-state index contributed by atoms with van der Waals surface area (Å²) in [6, 6.07) is 7.74. The van der Waals surface area contributed by atoms with Crippen LogP contribution in [0.1, 0.15) is 52.7 Å². The highest BCUT2D eigenvalue weighted by Crippen LogP contribution is 2.23. The molecule has 0 saturated heterocycles. The first-order chi connectivity index (χ1) is 8.87. The van der Waals surface area contributed by atoms with Gasteiger partial charge in [0.05, 0.1) is 12.7 Å². The van der Waals surface area contributed by atoms with E-state index in [2.05, 4.69) is 33.0 Å². The van der Waals surface area contributed by atoms with Gasteiger partial charge in [-0.25, -0.2) is 0 Å². The smallest absolute Gasteiger partial charge is 0.119 e. The summed E-state index contributed by atoms with van der Waals surface area (Å²) in [7, 11) is 0. The van der Waals surface area contributed by atoms with Crippen molar-refractivity contribution < 1.29 is 9.84 Å². The molecule has 3 heteroatoms. The number of hydrogen-bond acceptors (Lipinski definition) is 3. The van der Waals surface area contributed by atoms with Crippen LogP contribution >= 0.6 is 0 Å². The Morgan fingerprint density at radius 2 is 1.74 bits per heavy atom. The molecular weight excluding hydrogens is 238 g/mol. The molecule has 0 aliphatic heterocycles. The summed E-state index contributed by atoms with van der Waals surface area (Å²) in [5.74, 6) is 0.843. The van der Waals surface area contributed by atoms with Gasteiger partial charge in [0.25, 0.3) is 0 Å².